The Labute approximate surface area is 195 Å². The monoisotopic (exact) mass is 486 g/mol. The molecular formula is C22H22N4O5S2. The lowest BCUT2D eigenvalue weighted by molar-refractivity contribution is -0.133. The van der Waals surface area contributed by atoms with Gasteiger partial charge in [0.1, 0.15) is 10.3 Å². The smallest absolute Gasteiger partial charge is 0.266 e. The fourth-order valence-electron chi connectivity index (χ4n) is 3.63. The van der Waals surface area contributed by atoms with Crippen LogP contribution in [0.4, 0.5) is 10.7 Å². The molecule has 3 aromatic rings. The predicted octanol–water partition coefficient (Wildman–Crippen LogP) is 2.82. The second-order valence-corrected chi connectivity index (χ2v) is 10.8. The van der Waals surface area contributed by atoms with Crippen LogP contribution in [0.25, 0.3) is 0 Å². The Balaban J connectivity index is 1.57. The maximum Gasteiger partial charge on any atom is 0.266 e. The fourth-order valence-corrected chi connectivity index (χ4v) is 6.88. The van der Waals surface area contributed by atoms with Crippen LogP contribution in [0.3, 0.4) is 0 Å². The third-order valence-corrected chi connectivity index (χ3v) is 8.74. The van der Waals surface area contributed by atoms with Gasteiger partial charge in [0, 0.05) is 37.5 Å². The standard InChI is InChI=1S/C22H22N4O5S2/c1-25(2)17-10-8-15(9-11-17)20(27)23-18-12-16-13-26(33(30,31)22(16)32-18)19(21(28)24-29)14-6-4-3-5-7-14/h3-12,19,29H,13H2,1-2H3,(H,23,27)(H,24,28). The number of anilines is 2. The molecule has 11 heteroatoms. The summed E-state index contributed by atoms with van der Waals surface area (Å²) in [4.78, 5) is 26.9. The number of fused-ring (bicyclic) bond motifs is 1. The highest BCUT2D eigenvalue weighted by atomic mass is 32.2. The summed E-state index contributed by atoms with van der Waals surface area (Å²) >= 11 is 0.932. The molecule has 1 atom stereocenters. The Kier molecular flexibility index (Phi) is 6.21. The lowest BCUT2D eigenvalue weighted by atomic mass is 10.1. The highest BCUT2D eigenvalue weighted by Crippen LogP contribution is 2.43. The van der Waals surface area contributed by atoms with E-state index in [1.807, 2.05) is 31.1 Å². The molecule has 33 heavy (non-hydrogen) atoms. The summed E-state index contributed by atoms with van der Waals surface area (Å²) in [7, 11) is -0.218. The van der Waals surface area contributed by atoms with Crippen molar-refractivity contribution in [3.05, 3.63) is 77.4 Å². The third kappa shape index (κ3) is 4.35. The van der Waals surface area contributed by atoms with Gasteiger partial charge in [-0.2, -0.15) is 4.31 Å². The molecule has 0 bridgehead atoms. The number of nitrogens with zero attached hydrogens (tertiary/aromatic N) is 2. The molecule has 2 amide bonds. The first-order valence-electron chi connectivity index (χ1n) is 9.94. The summed E-state index contributed by atoms with van der Waals surface area (Å²) in [6.45, 7) is -0.0610. The van der Waals surface area contributed by atoms with Crippen LogP contribution in [0.15, 0.2) is 64.9 Å². The van der Waals surface area contributed by atoms with Gasteiger partial charge < -0.3 is 10.2 Å². The molecule has 1 aliphatic rings. The maximum atomic E-state index is 13.2. The zero-order valence-electron chi connectivity index (χ0n) is 17.8. The molecule has 0 spiro atoms. The minimum atomic E-state index is -4.02. The van der Waals surface area contributed by atoms with Crippen LogP contribution in [0.2, 0.25) is 0 Å². The molecule has 0 fully saturated rings. The van der Waals surface area contributed by atoms with Gasteiger partial charge in [-0.1, -0.05) is 30.3 Å². The highest BCUT2D eigenvalue weighted by Gasteiger charge is 2.44. The SMILES string of the molecule is CN(C)c1ccc(C(=O)Nc2cc3c(s2)S(=O)(=O)N(C(C(=O)NO)c2ccccc2)C3)cc1. The first-order valence-corrected chi connectivity index (χ1v) is 12.2. The number of carbonyl (C=O) groups is 2. The van der Waals surface area contributed by atoms with Crippen LogP contribution in [0, 0.1) is 0 Å². The van der Waals surface area contributed by atoms with Gasteiger partial charge in [0.15, 0.2) is 0 Å². The summed E-state index contributed by atoms with van der Waals surface area (Å²) in [6, 6.07) is 15.8. The number of amides is 2. The maximum absolute atomic E-state index is 13.2. The zero-order valence-corrected chi connectivity index (χ0v) is 19.5. The number of sulfonamides is 1. The minimum absolute atomic E-state index is 0.0610. The zero-order chi connectivity index (χ0) is 23.8. The van der Waals surface area contributed by atoms with Gasteiger partial charge in [0.2, 0.25) is 0 Å². The van der Waals surface area contributed by atoms with E-state index in [-0.39, 0.29) is 16.7 Å². The average molecular weight is 487 g/mol. The summed E-state index contributed by atoms with van der Waals surface area (Å²) in [5, 5.41) is 12.3. The van der Waals surface area contributed by atoms with Crippen molar-refractivity contribution in [3.8, 4) is 0 Å². The quantitative estimate of drug-likeness (QED) is 0.364. The van der Waals surface area contributed by atoms with Crippen LogP contribution in [-0.4, -0.2) is 43.8 Å². The summed E-state index contributed by atoms with van der Waals surface area (Å²) in [6.07, 6.45) is 0. The third-order valence-electron chi connectivity index (χ3n) is 5.28. The van der Waals surface area contributed by atoms with E-state index in [0.717, 1.165) is 21.3 Å². The number of hydroxylamine groups is 1. The van der Waals surface area contributed by atoms with Gasteiger partial charge >= 0.3 is 0 Å². The van der Waals surface area contributed by atoms with Crippen molar-refractivity contribution in [3.63, 3.8) is 0 Å². The molecule has 0 saturated carbocycles. The Hall–Kier alpha value is -3.25. The number of carbonyl (C=O) groups excluding carboxylic acids is 2. The van der Waals surface area contributed by atoms with E-state index >= 15 is 0 Å². The molecule has 0 aliphatic carbocycles. The fraction of sp³-hybridized carbons (Fsp3) is 0.182. The number of benzene rings is 2. The lowest BCUT2D eigenvalue weighted by Gasteiger charge is -2.25. The molecule has 1 aromatic heterocycles. The Morgan fingerprint density at radius 2 is 1.76 bits per heavy atom. The molecule has 2 aromatic carbocycles. The Morgan fingerprint density at radius 1 is 1.09 bits per heavy atom. The highest BCUT2D eigenvalue weighted by molar-refractivity contribution is 7.91. The van der Waals surface area contributed by atoms with Crippen LogP contribution in [0.1, 0.15) is 27.5 Å². The molecule has 4 rings (SSSR count). The van der Waals surface area contributed by atoms with Crippen molar-refractivity contribution in [2.45, 2.75) is 16.8 Å². The van der Waals surface area contributed by atoms with E-state index < -0.39 is 22.0 Å². The van der Waals surface area contributed by atoms with Crippen molar-refractivity contribution in [2.24, 2.45) is 0 Å². The summed E-state index contributed by atoms with van der Waals surface area (Å²) in [5.74, 6) is -1.20. The molecule has 0 radical (unpaired) electrons. The topological polar surface area (TPSA) is 119 Å². The number of rotatable bonds is 6. The Morgan fingerprint density at radius 3 is 2.33 bits per heavy atom. The molecule has 172 valence electrons. The second-order valence-electron chi connectivity index (χ2n) is 7.66. The van der Waals surface area contributed by atoms with Crippen molar-refractivity contribution < 1.29 is 23.2 Å². The minimum Gasteiger partial charge on any atom is -0.378 e. The number of thiophene rings is 1. The molecule has 1 aliphatic heterocycles. The first kappa shape index (κ1) is 22.9. The summed E-state index contributed by atoms with van der Waals surface area (Å²) < 4.78 is 27.6. The van der Waals surface area contributed by atoms with Gasteiger partial charge in [0.05, 0.1) is 5.00 Å². The molecule has 0 saturated heterocycles. The number of nitrogens with one attached hydrogen (secondary N) is 2. The van der Waals surface area contributed by atoms with E-state index in [1.165, 1.54) is 0 Å². The van der Waals surface area contributed by atoms with E-state index in [0.29, 0.717) is 21.7 Å². The van der Waals surface area contributed by atoms with E-state index in [9.17, 15) is 23.2 Å². The van der Waals surface area contributed by atoms with Gasteiger partial charge in [-0.15, -0.1) is 11.3 Å². The molecule has 1 unspecified atom stereocenters. The number of hydrogen-bond donors (Lipinski definition) is 3. The Bertz CT molecular complexity index is 1290. The van der Waals surface area contributed by atoms with Crippen molar-refractivity contribution in [1.82, 2.24) is 9.79 Å². The molecular weight excluding hydrogens is 464 g/mol. The van der Waals surface area contributed by atoms with E-state index in [2.05, 4.69) is 5.32 Å². The first-order chi connectivity index (χ1) is 15.7. The normalized spacial score (nSPS) is 15.5. The van der Waals surface area contributed by atoms with Gasteiger partial charge in [0.25, 0.3) is 21.8 Å². The van der Waals surface area contributed by atoms with Crippen molar-refractivity contribution in [2.75, 3.05) is 24.3 Å². The van der Waals surface area contributed by atoms with E-state index in [1.54, 1.807) is 54.0 Å². The van der Waals surface area contributed by atoms with Crippen molar-refractivity contribution in [1.29, 1.82) is 0 Å². The van der Waals surface area contributed by atoms with Gasteiger partial charge in [-0.25, -0.2) is 13.9 Å². The van der Waals surface area contributed by atoms with Crippen molar-refractivity contribution >= 4 is 43.9 Å². The molecule has 2 heterocycles. The summed E-state index contributed by atoms with van der Waals surface area (Å²) in [5.41, 5.74) is 3.87. The average Bonchev–Trinajstić information content (AvgIpc) is 3.31. The second kappa shape index (κ2) is 8.94. The van der Waals surface area contributed by atoms with Crippen LogP contribution >= 0.6 is 11.3 Å². The van der Waals surface area contributed by atoms with Gasteiger partial charge in [-0.05, 0) is 35.9 Å². The van der Waals surface area contributed by atoms with Gasteiger partial charge in [-0.3, -0.25) is 14.8 Å². The van der Waals surface area contributed by atoms with Crippen LogP contribution in [0.5, 0.6) is 0 Å². The van der Waals surface area contributed by atoms with Crippen LogP contribution in [-0.2, 0) is 21.4 Å². The predicted molar refractivity (Wildman–Crippen MR) is 125 cm³/mol. The molecule has 9 nitrogen and oxygen atoms in total. The van der Waals surface area contributed by atoms with Crippen LogP contribution < -0.4 is 15.7 Å². The van der Waals surface area contributed by atoms with E-state index in [4.69, 9.17) is 0 Å². The number of hydrogen-bond acceptors (Lipinski definition) is 7. The molecule has 3 N–H and O–H groups in total. The largest absolute Gasteiger partial charge is 0.378 e. The lowest BCUT2D eigenvalue weighted by Crippen LogP contribution is -2.39.